The third-order valence-corrected chi connectivity index (χ3v) is 3.73. The summed E-state index contributed by atoms with van der Waals surface area (Å²) in [7, 11) is 2.07. The lowest BCUT2D eigenvalue weighted by Gasteiger charge is -2.19. The molecular weight excluding hydrogens is 172 g/mol. The zero-order valence-electron chi connectivity index (χ0n) is 9.47. The molecule has 2 nitrogen and oxygen atoms in total. The molecular formula is C12H24N2. The van der Waals surface area contributed by atoms with E-state index in [1.54, 1.807) is 0 Å². The van der Waals surface area contributed by atoms with Crippen molar-refractivity contribution < 1.29 is 0 Å². The number of nitrogens with zero attached hydrogens (tertiary/aromatic N) is 1. The molecule has 82 valence electrons. The van der Waals surface area contributed by atoms with E-state index >= 15 is 0 Å². The van der Waals surface area contributed by atoms with Gasteiger partial charge in [-0.25, -0.2) is 0 Å². The summed E-state index contributed by atoms with van der Waals surface area (Å²) in [5.74, 6) is 2.00. The molecule has 1 aliphatic heterocycles. The van der Waals surface area contributed by atoms with Gasteiger partial charge in [-0.05, 0) is 57.8 Å². The second-order valence-electron chi connectivity index (χ2n) is 5.03. The van der Waals surface area contributed by atoms with Crippen LogP contribution in [0.15, 0.2) is 0 Å². The van der Waals surface area contributed by atoms with Crippen LogP contribution >= 0.6 is 0 Å². The fourth-order valence-electron chi connectivity index (χ4n) is 2.70. The molecule has 0 unspecified atom stereocenters. The molecule has 2 aliphatic rings. The average molecular weight is 196 g/mol. The monoisotopic (exact) mass is 196 g/mol. The van der Waals surface area contributed by atoms with Crippen molar-refractivity contribution in [3.8, 4) is 0 Å². The van der Waals surface area contributed by atoms with E-state index in [1.807, 2.05) is 0 Å². The standard InChI is InChI=1S/C12H24N2/c1-13-9-11-8-12(11)10-14-6-4-2-3-5-7-14/h11-13H,2-10H2,1H3/t11-,12-/m0/s1. The normalized spacial score (nSPS) is 34.1. The Labute approximate surface area is 88.1 Å². The summed E-state index contributed by atoms with van der Waals surface area (Å²) in [4.78, 5) is 2.70. The largest absolute Gasteiger partial charge is 0.319 e. The van der Waals surface area contributed by atoms with E-state index in [2.05, 4.69) is 17.3 Å². The Morgan fingerprint density at radius 2 is 1.79 bits per heavy atom. The van der Waals surface area contributed by atoms with Crippen LogP contribution in [0.2, 0.25) is 0 Å². The van der Waals surface area contributed by atoms with Crippen molar-refractivity contribution in [2.24, 2.45) is 11.8 Å². The van der Waals surface area contributed by atoms with Crippen LogP contribution in [0.5, 0.6) is 0 Å². The van der Waals surface area contributed by atoms with Crippen molar-refractivity contribution in [1.29, 1.82) is 0 Å². The molecule has 1 aliphatic carbocycles. The third kappa shape index (κ3) is 2.96. The van der Waals surface area contributed by atoms with Gasteiger partial charge in [0.15, 0.2) is 0 Å². The van der Waals surface area contributed by atoms with Gasteiger partial charge in [0.05, 0.1) is 0 Å². The summed E-state index contributed by atoms with van der Waals surface area (Å²) >= 11 is 0. The van der Waals surface area contributed by atoms with Crippen LogP contribution in [0.4, 0.5) is 0 Å². The van der Waals surface area contributed by atoms with E-state index in [9.17, 15) is 0 Å². The van der Waals surface area contributed by atoms with E-state index < -0.39 is 0 Å². The third-order valence-electron chi connectivity index (χ3n) is 3.73. The minimum absolute atomic E-state index is 0.989. The first-order valence-electron chi connectivity index (χ1n) is 6.27. The van der Waals surface area contributed by atoms with Gasteiger partial charge in [0.1, 0.15) is 0 Å². The van der Waals surface area contributed by atoms with Gasteiger partial charge >= 0.3 is 0 Å². The van der Waals surface area contributed by atoms with Crippen molar-refractivity contribution in [3.63, 3.8) is 0 Å². The summed E-state index contributed by atoms with van der Waals surface area (Å²) < 4.78 is 0. The lowest BCUT2D eigenvalue weighted by atomic mass is 10.2. The predicted octanol–water partition coefficient (Wildman–Crippen LogP) is 1.72. The summed E-state index contributed by atoms with van der Waals surface area (Å²) in [6.45, 7) is 5.34. The molecule has 1 heterocycles. The molecule has 2 rings (SSSR count). The van der Waals surface area contributed by atoms with Crippen molar-refractivity contribution in [2.75, 3.05) is 33.2 Å². The first-order chi connectivity index (χ1) is 6.90. The van der Waals surface area contributed by atoms with Gasteiger partial charge in [-0.2, -0.15) is 0 Å². The highest BCUT2D eigenvalue weighted by atomic mass is 15.1. The number of likely N-dealkylation sites (tertiary alicyclic amines) is 1. The molecule has 1 N–H and O–H groups in total. The van der Waals surface area contributed by atoms with Crippen molar-refractivity contribution >= 4 is 0 Å². The maximum absolute atomic E-state index is 3.29. The summed E-state index contributed by atoms with van der Waals surface area (Å²) in [6, 6.07) is 0. The van der Waals surface area contributed by atoms with Crippen LogP contribution in [0.1, 0.15) is 32.1 Å². The molecule has 0 aromatic heterocycles. The van der Waals surface area contributed by atoms with Gasteiger partial charge in [-0.15, -0.1) is 0 Å². The van der Waals surface area contributed by atoms with Gasteiger partial charge in [-0.1, -0.05) is 12.8 Å². The lowest BCUT2D eigenvalue weighted by Crippen LogP contribution is -2.27. The number of hydrogen-bond acceptors (Lipinski definition) is 2. The predicted molar refractivity (Wildman–Crippen MR) is 60.4 cm³/mol. The minimum atomic E-state index is 0.989. The molecule has 2 heteroatoms. The molecule has 0 aromatic rings. The topological polar surface area (TPSA) is 15.3 Å². The number of nitrogens with one attached hydrogen (secondary N) is 1. The molecule has 0 radical (unpaired) electrons. The molecule has 2 fully saturated rings. The van der Waals surface area contributed by atoms with Crippen LogP contribution in [0.3, 0.4) is 0 Å². The Kier molecular flexibility index (Phi) is 3.82. The molecule has 2 atom stereocenters. The summed E-state index contributed by atoms with van der Waals surface area (Å²) in [5.41, 5.74) is 0. The van der Waals surface area contributed by atoms with E-state index in [-0.39, 0.29) is 0 Å². The number of rotatable bonds is 4. The van der Waals surface area contributed by atoms with Crippen LogP contribution in [0.25, 0.3) is 0 Å². The van der Waals surface area contributed by atoms with Gasteiger partial charge < -0.3 is 10.2 Å². The summed E-state index contributed by atoms with van der Waals surface area (Å²) in [6.07, 6.45) is 7.26. The van der Waals surface area contributed by atoms with E-state index in [4.69, 9.17) is 0 Å². The minimum Gasteiger partial charge on any atom is -0.319 e. The molecule has 0 aromatic carbocycles. The average Bonchev–Trinajstić information content (AvgIpc) is 2.93. The maximum Gasteiger partial charge on any atom is 0.00129 e. The van der Waals surface area contributed by atoms with E-state index in [0.717, 1.165) is 11.8 Å². The SMILES string of the molecule is CNC[C@@H]1C[C@H]1CN1CCCCCC1. The van der Waals surface area contributed by atoms with E-state index in [1.165, 1.54) is 58.3 Å². The van der Waals surface area contributed by atoms with Crippen molar-refractivity contribution in [1.82, 2.24) is 10.2 Å². The molecule has 0 spiro atoms. The molecule has 1 saturated heterocycles. The van der Waals surface area contributed by atoms with Gasteiger partial charge in [0.25, 0.3) is 0 Å². The molecule has 14 heavy (non-hydrogen) atoms. The van der Waals surface area contributed by atoms with Crippen LogP contribution < -0.4 is 5.32 Å². The smallest absolute Gasteiger partial charge is 0.00129 e. The van der Waals surface area contributed by atoms with Crippen molar-refractivity contribution in [3.05, 3.63) is 0 Å². The Morgan fingerprint density at radius 1 is 1.07 bits per heavy atom. The van der Waals surface area contributed by atoms with Crippen molar-refractivity contribution in [2.45, 2.75) is 32.1 Å². The molecule has 1 saturated carbocycles. The van der Waals surface area contributed by atoms with Crippen LogP contribution in [-0.4, -0.2) is 38.1 Å². The Balaban J connectivity index is 1.65. The fraction of sp³-hybridized carbons (Fsp3) is 1.00. The zero-order chi connectivity index (χ0) is 9.80. The quantitative estimate of drug-likeness (QED) is 0.736. The zero-order valence-corrected chi connectivity index (χ0v) is 9.47. The van der Waals surface area contributed by atoms with Gasteiger partial charge in [0, 0.05) is 6.54 Å². The second kappa shape index (κ2) is 5.13. The molecule has 0 bridgehead atoms. The van der Waals surface area contributed by atoms with Gasteiger partial charge in [-0.3, -0.25) is 0 Å². The first-order valence-corrected chi connectivity index (χ1v) is 6.27. The summed E-state index contributed by atoms with van der Waals surface area (Å²) in [5, 5.41) is 3.29. The highest BCUT2D eigenvalue weighted by Gasteiger charge is 2.37. The Bertz CT molecular complexity index is 162. The second-order valence-corrected chi connectivity index (χ2v) is 5.03. The fourth-order valence-corrected chi connectivity index (χ4v) is 2.70. The number of hydrogen-bond donors (Lipinski definition) is 1. The molecule has 0 amide bonds. The van der Waals surface area contributed by atoms with E-state index in [0.29, 0.717) is 0 Å². The lowest BCUT2D eigenvalue weighted by molar-refractivity contribution is 0.268. The van der Waals surface area contributed by atoms with Crippen LogP contribution in [0, 0.1) is 11.8 Å². The highest BCUT2D eigenvalue weighted by Crippen LogP contribution is 2.38. The highest BCUT2D eigenvalue weighted by molar-refractivity contribution is 4.89. The Hall–Kier alpha value is -0.0800. The van der Waals surface area contributed by atoms with Gasteiger partial charge in [0.2, 0.25) is 0 Å². The maximum atomic E-state index is 3.29. The first kappa shape index (κ1) is 10.4. The Morgan fingerprint density at radius 3 is 2.43 bits per heavy atom. The van der Waals surface area contributed by atoms with Crippen LogP contribution in [-0.2, 0) is 0 Å².